The van der Waals surface area contributed by atoms with Crippen molar-refractivity contribution in [1.82, 2.24) is 19.6 Å². The first kappa shape index (κ1) is 30.0. The average molecular weight is 616 g/mol. The van der Waals surface area contributed by atoms with Crippen molar-refractivity contribution in [2.24, 2.45) is 0 Å². The molecule has 0 saturated heterocycles. The predicted molar refractivity (Wildman–Crippen MR) is 170 cm³/mol. The lowest BCUT2D eigenvalue weighted by Gasteiger charge is -2.23. The topological polar surface area (TPSA) is 126 Å². The van der Waals surface area contributed by atoms with E-state index in [0.29, 0.717) is 22.3 Å². The number of hydrogen-bond donors (Lipinski definition) is 3. The van der Waals surface area contributed by atoms with E-state index < -0.39 is 21.7 Å². The summed E-state index contributed by atoms with van der Waals surface area (Å²) < 4.78 is 33.2. The third kappa shape index (κ3) is 7.12. The summed E-state index contributed by atoms with van der Waals surface area (Å²) in [7, 11) is -3.82. The maximum atomic E-state index is 13.3. The number of aromatic nitrogens is 2. The molecule has 0 fully saturated rings. The number of ether oxygens (including phenoxy) is 1. The largest absolute Gasteiger partial charge is 0.444 e. The van der Waals surface area contributed by atoms with Crippen molar-refractivity contribution < 1.29 is 17.9 Å². The van der Waals surface area contributed by atoms with Gasteiger partial charge >= 0.3 is 6.09 Å². The highest BCUT2D eigenvalue weighted by Crippen LogP contribution is 2.34. The second-order valence-corrected chi connectivity index (χ2v) is 13.9. The number of amidine groups is 1. The molecule has 0 aliphatic rings. The second kappa shape index (κ2) is 12.4. The molecule has 9 nitrogen and oxygen atoms in total. The van der Waals surface area contributed by atoms with Gasteiger partial charge in [-0.05, 0) is 69.2 Å². The zero-order valence-corrected chi connectivity index (χ0v) is 25.7. The molecule has 0 saturated carbocycles. The minimum Gasteiger partial charge on any atom is -0.444 e. The summed E-state index contributed by atoms with van der Waals surface area (Å²) in [6.07, 6.45) is 3.19. The Labute approximate surface area is 255 Å². The summed E-state index contributed by atoms with van der Waals surface area (Å²) in [5.41, 5.74) is 1.61. The smallest absolute Gasteiger partial charge is 0.407 e. The molecule has 0 aliphatic heterocycles. The van der Waals surface area contributed by atoms with E-state index in [0.717, 1.165) is 16.0 Å². The molecule has 1 unspecified atom stereocenters. The molecular weight excluding hydrogens is 583 g/mol. The lowest BCUT2D eigenvalue weighted by molar-refractivity contribution is 0.0523. The Bertz CT molecular complexity index is 1840. The van der Waals surface area contributed by atoms with Crippen molar-refractivity contribution in [2.75, 3.05) is 6.54 Å². The standard InChI is InChI=1S/C32H33N5O4S2/c1-32(2,3)41-31(38)35-21-23(20-22-10-6-4-7-11-22)36-29(33)28-15-14-27(42-28)25-16-18-34-30-26(25)17-19-37(30)43(39,40)24-12-8-5-9-13-24/h4-19,23H,20-21H2,1-3H3,(H2,33,36)(H,35,38). The number of hydrogen-bond acceptors (Lipinski definition) is 7. The number of thiophene rings is 1. The third-order valence-corrected chi connectivity index (χ3v) is 9.35. The Balaban J connectivity index is 1.36. The van der Waals surface area contributed by atoms with Crippen LogP contribution in [0.2, 0.25) is 0 Å². The van der Waals surface area contributed by atoms with E-state index >= 15 is 0 Å². The zero-order valence-electron chi connectivity index (χ0n) is 24.1. The van der Waals surface area contributed by atoms with E-state index in [1.54, 1.807) is 42.6 Å². The van der Waals surface area contributed by atoms with Crippen molar-refractivity contribution in [3.8, 4) is 10.4 Å². The molecule has 0 spiro atoms. The van der Waals surface area contributed by atoms with Crippen molar-refractivity contribution in [2.45, 2.75) is 43.7 Å². The number of carbonyl (C=O) groups excluding carboxylic acids is 1. The van der Waals surface area contributed by atoms with Crippen molar-refractivity contribution in [3.63, 3.8) is 0 Å². The van der Waals surface area contributed by atoms with Gasteiger partial charge in [0.05, 0.1) is 9.77 Å². The van der Waals surface area contributed by atoms with Crippen LogP contribution >= 0.6 is 11.3 Å². The van der Waals surface area contributed by atoms with Crippen LogP contribution in [0.25, 0.3) is 21.5 Å². The van der Waals surface area contributed by atoms with Crippen LogP contribution in [0, 0.1) is 5.41 Å². The van der Waals surface area contributed by atoms with Gasteiger partial charge < -0.3 is 15.4 Å². The number of nitrogens with zero attached hydrogens (tertiary/aromatic N) is 2. The number of fused-ring (bicyclic) bond motifs is 1. The summed E-state index contributed by atoms with van der Waals surface area (Å²) in [6, 6.07) is 25.2. The molecule has 3 N–H and O–H groups in total. The van der Waals surface area contributed by atoms with Gasteiger partial charge in [0.25, 0.3) is 10.0 Å². The van der Waals surface area contributed by atoms with Gasteiger partial charge in [-0.1, -0.05) is 48.5 Å². The van der Waals surface area contributed by atoms with Crippen LogP contribution in [-0.2, 0) is 21.2 Å². The number of alkyl carbamates (subject to hydrolysis) is 1. The first-order chi connectivity index (χ1) is 20.5. The SMILES string of the molecule is CC(C)(C)OC(=O)NCC(Cc1ccccc1)NC(=N)c1ccc(-c2ccnc3c2ccn3S(=O)(=O)c2ccccc2)s1. The van der Waals surface area contributed by atoms with Gasteiger partial charge in [0.1, 0.15) is 11.4 Å². The maximum Gasteiger partial charge on any atom is 0.407 e. The molecule has 5 aromatic rings. The molecule has 222 valence electrons. The minimum atomic E-state index is -3.82. The summed E-state index contributed by atoms with van der Waals surface area (Å²) >= 11 is 1.42. The lowest BCUT2D eigenvalue weighted by atomic mass is 10.1. The fourth-order valence-electron chi connectivity index (χ4n) is 4.62. The van der Waals surface area contributed by atoms with E-state index in [1.807, 2.05) is 69.3 Å². The second-order valence-electron chi connectivity index (χ2n) is 11.0. The van der Waals surface area contributed by atoms with Crippen LogP contribution in [0.1, 0.15) is 31.2 Å². The van der Waals surface area contributed by atoms with E-state index in [9.17, 15) is 13.2 Å². The van der Waals surface area contributed by atoms with Crippen molar-refractivity contribution in [1.29, 1.82) is 5.41 Å². The van der Waals surface area contributed by atoms with Crippen LogP contribution < -0.4 is 10.6 Å². The Morgan fingerprint density at radius 1 is 1.00 bits per heavy atom. The molecular formula is C32H33N5O4S2. The normalized spacial score (nSPS) is 12.5. The van der Waals surface area contributed by atoms with Crippen molar-refractivity contribution in [3.05, 3.63) is 108 Å². The summed E-state index contributed by atoms with van der Waals surface area (Å²) in [5, 5.41) is 15.6. The number of carbonyl (C=O) groups is 1. The molecule has 11 heteroatoms. The van der Waals surface area contributed by atoms with E-state index in [4.69, 9.17) is 10.1 Å². The Morgan fingerprint density at radius 3 is 2.40 bits per heavy atom. The van der Waals surface area contributed by atoms with Gasteiger partial charge in [0.15, 0.2) is 5.65 Å². The molecule has 0 bridgehead atoms. The fourth-order valence-corrected chi connectivity index (χ4v) is 6.90. The average Bonchev–Trinajstić information content (AvgIpc) is 3.64. The molecule has 3 aromatic heterocycles. The summed E-state index contributed by atoms with van der Waals surface area (Å²) in [4.78, 5) is 18.5. The summed E-state index contributed by atoms with van der Waals surface area (Å²) in [6.45, 7) is 5.69. The minimum absolute atomic E-state index is 0.184. The van der Waals surface area contributed by atoms with Crippen molar-refractivity contribution >= 4 is 44.3 Å². The summed E-state index contributed by atoms with van der Waals surface area (Å²) in [5.74, 6) is 0.220. The van der Waals surface area contributed by atoms with Crippen LogP contribution in [0.15, 0.2) is 102 Å². The fraction of sp³-hybridized carbons (Fsp3) is 0.219. The van der Waals surface area contributed by atoms with Crippen LogP contribution in [-0.4, -0.2) is 47.5 Å². The number of pyridine rings is 1. The predicted octanol–water partition coefficient (Wildman–Crippen LogP) is 6.05. The van der Waals surface area contributed by atoms with Gasteiger partial charge in [-0.15, -0.1) is 11.3 Å². The van der Waals surface area contributed by atoms with Crippen LogP contribution in [0.4, 0.5) is 4.79 Å². The highest BCUT2D eigenvalue weighted by Gasteiger charge is 2.22. The highest BCUT2D eigenvalue weighted by molar-refractivity contribution is 7.90. The van der Waals surface area contributed by atoms with Gasteiger partial charge in [-0.2, -0.15) is 0 Å². The quantitative estimate of drug-likeness (QED) is 0.137. The number of nitrogens with one attached hydrogen (secondary N) is 3. The molecule has 0 aliphatic carbocycles. The Hall–Kier alpha value is -4.48. The molecule has 43 heavy (non-hydrogen) atoms. The Kier molecular flexibility index (Phi) is 8.65. The van der Waals surface area contributed by atoms with Crippen LogP contribution in [0.5, 0.6) is 0 Å². The monoisotopic (exact) mass is 615 g/mol. The van der Waals surface area contributed by atoms with Gasteiger partial charge in [0, 0.05) is 40.8 Å². The van der Waals surface area contributed by atoms with E-state index in [2.05, 4.69) is 15.6 Å². The number of benzene rings is 2. The highest BCUT2D eigenvalue weighted by atomic mass is 32.2. The first-order valence-corrected chi connectivity index (χ1v) is 16.0. The van der Waals surface area contributed by atoms with Gasteiger partial charge in [0.2, 0.25) is 0 Å². The molecule has 0 radical (unpaired) electrons. The van der Waals surface area contributed by atoms with E-state index in [-0.39, 0.29) is 23.3 Å². The maximum absolute atomic E-state index is 13.3. The Morgan fingerprint density at radius 2 is 1.70 bits per heavy atom. The third-order valence-electron chi connectivity index (χ3n) is 6.54. The van der Waals surface area contributed by atoms with Gasteiger partial charge in [-0.25, -0.2) is 22.2 Å². The number of amides is 1. The molecule has 3 heterocycles. The van der Waals surface area contributed by atoms with Gasteiger partial charge in [-0.3, -0.25) is 5.41 Å². The lowest BCUT2D eigenvalue weighted by Crippen LogP contribution is -2.46. The molecule has 1 amide bonds. The van der Waals surface area contributed by atoms with E-state index in [1.165, 1.54) is 21.5 Å². The first-order valence-electron chi connectivity index (χ1n) is 13.7. The molecule has 2 aromatic carbocycles. The zero-order chi connectivity index (χ0) is 30.6. The number of rotatable bonds is 9. The van der Waals surface area contributed by atoms with Crippen LogP contribution in [0.3, 0.4) is 0 Å². The molecule has 5 rings (SSSR count). The molecule has 1 atom stereocenters.